The predicted octanol–water partition coefficient (Wildman–Crippen LogP) is -0.825. The van der Waals surface area contributed by atoms with Gasteiger partial charge < -0.3 is 5.11 Å². The van der Waals surface area contributed by atoms with E-state index >= 15 is 0 Å². The van der Waals surface area contributed by atoms with Gasteiger partial charge in [0.25, 0.3) is 5.87 Å². The van der Waals surface area contributed by atoms with Crippen LogP contribution in [-0.4, -0.2) is 44.4 Å². The lowest BCUT2D eigenvalue weighted by molar-refractivity contribution is 0.220. The van der Waals surface area contributed by atoms with Crippen LogP contribution in [0.1, 0.15) is 0 Å². The van der Waals surface area contributed by atoms with Crippen LogP contribution in [-0.2, 0) is 9.87 Å². The molecule has 0 aliphatic carbocycles. The maximum absolute atomic E-state index is 10.6. The van der Waals surface area contributed by atoms with Gasteiger partial charge in [-0.05, 0) is 0 Å². The van der Waals surface area contributed by atoms with Crippen LogP contribution in [0.5, 0.6) is 0 Å². The van der Waals surface area contributed by atoms with E-state index < -0.39 is 15.7 Å². The Morgan fingerprint density at radius 1 is 1.50 bits per heavy atom. The van der Waals surface area contributed by atoms with Crippen molar-refractivity contribution in [1.82, 2.24) is 4.31 Å². The Labute approximate surface area is 59.8 Å². The van der Waals surface area contributed by atoms with Gasteiger partial charge in [0.2, 0.25) is 0 Å². The molecule has 0 fully saturated rings. The summed E-state index contributed by atoms with van der Waals surface area (Å²) in [5.41, 5.74) is 0. The summed E-state index contributed by atoms with van der Waals surface area (Å²) in [6, 6.07) is 0. The lowest BCUT2D eigenvalue weighted by Crippen LogP contribution is -2.31. The quantitative estimate of drug-likeness (QED) is 0.552. The van der Waals surface area contributed by atoms with E-state index in [4.69, 9.17) is 5.11 Å². The first-order valence-corrected chi connectivity index (χ1v) is 3.87. The summed E-state index contributed by atoms with van der Waals surface area (Å²) in [5.74, 6) is -1.46. The maximum Gasteiger partial charge on any atom is 0.442 e. The van der Waals surface area contributed by atoms with E-state index in [1.54, 1.807) is 0 Å². The van der Waals surface area contributed by atoms with Gasteiger partial charge in [0.05, 0.1) is 0 Å². The summed E-state index contributed by atoms with van der Waals surface area (Å²) in [6.45, 7) is 0.243. The van der Waals surface area contributed by atoms with Crippen LogP contribution in [0.25, 0.3) is 0 Å². The molecule has 1 N–H and O–H groups in total. The largest absolute Gasteiger partial charge is 0.489 e. The minimum atomic E-state index is -3.69. The molecule has 0 spiro atoms. The fraction of sp³-hybridized carbons (Fsp3) is 0.667. The van der Waals surface area contributed by atoms with Crippen LogP contribution in [0, 0.1) is 0 Å². The minimum Gasteiger partial charge on any atom is -0.489 e. The van der Waals surface area contributed by atoms with Gasteiger partial charge in [0.15, 0.2) is 9.87 Å². The highest BCUT2D eigenvalue weighted by atomic mass is 32.2. The first-order chi connectivity index (χ1) is 4.36. The number of nitrogens with zero attached hydrogens (tertiary/aromatic N) is 1. The molecule has 0 saturated heterocycles. The molecule has 10 heavy (non-hydrogen) atoms. The lowest BCUT2D eigenvalue weighted by atomic mass is 10.1. The Morgan fingerprint density at radius 3 is 2.00 bits per heavy atom. The van der Waals surface area contributed by atoms with Crippen LogP contribution < -0.4 is 0 Å². The summed E-state index contributed by atoms with van der Waals surface area (Å²) in [5, 5.41) is 8.04. The Hall–Kier alpha value is -0.555. The molecule has 0 aromatic rings. The zero-order valence-corrected chi connectivity index (χ0v) is 6.42. The zero-order chi connectivity index (χ0) is 8.36. The molecule has 0 atom stereocenters. The van der Waals surface area contributed by atoms with Crippen LogP contribution in [0.3, 0.4) is 0 Å². The second-order valence-electron chi connectivity index (χ2n) is 1.78. The highest BCUT2D eigenvalue weighted by molar-refractivity contribution is 8.16. The third kappa shape index (κ3) is 2.83. The summed E-state index contributed by atoms with van der Waals surface area (Å²) < 4.78 is 22.1. The molecular formula is C3H7BNO4S. The third-order valence-corrected chi connectivity index (χ3v) is 2.28. The molecule has 0 rings (SSSR count). The van der Waals surface area contributed by atoms with Crippen molar-refractivity contribution in [3.05, 3.63) is 0 Å². The first-order valence-electron chi connectivity index (χ1n) is 2.36. The Kier molecular flexibility index (Phi) is 2.85. The number of hydrogen-bond donors (Lipinski definition) is 1. The van der Waals surface area contributed by atoms with E-state index in [0.717, 1.165) is 4.31 Å². The molecule has 0 aliphatic rings. The van der Waals surface area contributed by atoms with E-state index in [-0.39, 0.29) is 6.56 Å². The Balaban J connectivity index is 4.31. The van der Waals surface area contributed by atoms with Crippen LogP contribution in [0.2, 0.25) is 0 Å². The van der Waals surface area contributed by atoms with Gasteiger partial charge in [0.1, 0.15) is 0 Å². The van der Waals surface area contributed by atoms with Gasteiger partial charge in [-0.3, -0.25) is 4.79 Å². The van der Waals surface area contributed by atoms with E-state index in [2.05, 4.69) is 0 Å². The number of carboxylic acid groups (broad SMARTS) is 1. The van der Waals surface area contributed by atoms with Crippen molar-refractivity contribution in [2.24, 2.45) is 0 Å². The van der Waals surface area contributed by atoms with E-state index in [1.807, 2.05) is 0 Å². The van der Waals surface area contributed by atoms with Gasteiger partial charge in [-0.25, -0.2) is 12.7 Å². The molecule has 1 radical (unpaired) electrons. The molecule has 0 aromatic carbocycles. The van der Waals surface area contributed by atoms with Crippen molar-refractivity contribution in [3.8, 4) is 0 Å². The molecule has 0 aliphatic heterocycles. The lowest BCUT2D eigenvalue weighted by Gasteiger charge is -2.06. The normalized spacial score (nSPS) is 11.5. The van der Waals surface area contributed by atoms with Gasteiger partial charge in [-0.15, -0.1) is 0 Å². The summed E-state index contributed by atoms with van der Waals surface area (Å²) in [7, 11) is -1.17. The Morgan fingerprint density at radius 2 is 1.90 bits per heavy atom. The highest BCUT2D eigenvalue weighted by Crippen LogP contribution is 1.90. The standard InChI is InChI=1S/C3H7BNO4S/c1-5(2)10(8,9)4-3(6)7/h1-2H3,(H,6,7). The summed E-state index contributed by atoms with van der Waals surface area (Å²) in [4.78, 5) is 9.86. The third-order valence-electron chi connectivity index (χ3n) is 0.759. The van der Waals surface area contributed by atoms with Crippen molar-refractivity contribution < 1.29 is 18.3 Å². The number of hydrogen-bond acceptors (Lipinski definition) is 3. The average molecular weight is 164 g/mol. The van der Waals surface area contributed by atoms with Gasteiger partial charge in [0, 0.05) is 14.1 Å². The second-order valence-corrected chi connectivity index (χ2v) is 3.78. The number of carbonyl (C=O) groups is 1. The highest BCUT2D eigenvalue weighted by Gasteiger charge is 2.21. The fourth-order valence-corrected chi connectivity index (χ4v) is 0.698. The molecule has 0 aromatic heterocycles. The SMILES string of the molecule is CN(C)S(=O)(=O)[B]C(=O)O. The Bertz CT molecular complexity index is 221. The van der Waals surface area contributed by atoms with E-state index in [9.17, 15) is 13.2 Å². The van der Waals surface area contributed by atoms with Gasteiger partial charge in [-0.1, -0.05) is 0 Å². The molecule has 0 unspecified atom stereocenters. The first kappa shape index (κ1) is 9.44. The van der Waals surface area contributed by atoms with E-state index in [1.165, 1.54) is 14.1 Å². The van der Waals surface area contributed by atoms with Crippen molar-refractivity contribution in [3.63, 3.8) is 0 Å². The topological polar surface area (TPSA) is 74.7 Å². The minimum absolute atomic E-state index is 0.243. The fourth-order valence-electron chi connectivity index (χ4n) is 0.233. The molecule has 0 bridgehead atoms. The van der Waals surface area contributed by atoms with Gasteiger partial charge in [-0.2, -0.15) is 0 Å². The molecule has 7 heteroatoms. The van der Waals surface area contributed by atoms with Crippen LogP contribution in [0.4, 0.5) is 4.79 Å². The van der Waals surface area contributed by atoms with Gasteiger partial charge >= 0.3 is 6.56 Å². The predicted molar refractivity (Wildman–Crippen MR) is 36.4 cm³/mol. The van der Waals surface area contributed by atoms with Crippen molar-refractivity contribution in [1.29, 1.82) is 0 Å². The molecule has 0 saturated carbocycles. The molecule has 0 amide bonds. The summed E-state index contributed by atoms with van der Waals surface area (Å²) in [6.07, 6.45) is 0. The van der Waals surface area contributed by atoms with Crippen molar-refractivity contribution in [2.75, 3.05) is 14.1 Å². The smallest absolute Gasteiger partial charge is 0.442 e. The molecular weight excluding hydrogens is 157 g/mol. The van der Waals surface area contributed by atoms with Crippen molar-refractivity contribution >= 4 is 22.3 Å². The molecule has 5 nitrogen and oxygen atoms in total. The van der Waals surface area contributed by atoms with Crippen LogP contribution in [0.15, 0.2) is 0 Å². The maximum atomic E-state index is 10.6. The van der Waals surface area contributed by atoms with E-state index in [0.29, 0.717) is 0 Å². The monoisotopic (exact) mass is 164 g/mol. The summed E-state index contributed by atoms with van der Waals surface area (Å²) >= 11 is 0. The zero-order valence-electron chi connectivity index (χ0n) is 5.60. The number of rotatable bonds is 3. The van der Waals surface area contributed by atoms with Crippen LogP contribution >= 0.6 is 0 Å². The van der Waals surface area contributed by atoms with Crippen molar-refractivity contribution in [2.45, 2.75) is 0 Å². The average Bonchev–Trinajstić information content (AvgIpc) is 1.60. The molecule has 0 heterocycles. The second kappa shape index (κ2) is 3.02. The molecule has 57 valence electrons.